The summed E-state index contributed by atoms with van der Waals surface area (Å²) in [5.74, 6) is 6.47. The molecule has 0 amide bonds. The summed E-state index contributed by atoms with van der Waals surface area (Å²) in [6.45, 7) is 4.89. The van der Waals surface area contributed by atoms with Crippen molar-refractivity contribution >= 4 is 5.97 Å². The zero-order valence-corrected chi connectivity index (χ0v) is 16.4. The molecular weight excluding hydrogens is 352 g/mol. The molecule has 0 heterocycles. The smallest absolute Gasteiger partial charge is 0.335 e. The van der Waals surface area contributed by atoms with E-state index in [1.54, 1.807) is 13.0 Å². The molecule has 28 heavy (non-hydrogen) atoms. The van der Waals surface area contributed by atoms with Crippen LogP contribution in [0.5, 0.6) is 5.75 Å². The van der Waals surface area contributed by atoms with Crippen LogP contribution in [-0.4, -0.2) is 31.9 Å². The minimum atomic E-state index is -0.581. The monoisotopic (exact) mass is 378 g/mol. The number of allylic oxidation sites excluding steroid dienone is 1. The van der Waals surface area contributed by atoms with E-state index in [4.69, 9.17) is 14.2 Å². The molecule has 0 radical (unpaired) electrons. The topological polar surface area (TPSA) is 44.8 Å². The van der Waals surface area contributed by atoms with Gasteiger partial charge in [-0.25, -0.2) is 4.79 Å². The first kappa shape index (κ1) is 21.3. The van der Waals surface area contributed by atoms with Gasteiger partial charge < -0.3 is 14.2 Å². The summed E-state index contributed by atoms with van der Waals surface area (Å²) in [7, 11) is 0. The molecule has 4 heteroatoms. The normalized spacial score (nSPS) is 11.5. The van der Waals surface area contributed by atoms with E-state index in [0.29, 0.717) is 26.2 Å². The van der Waals surface area contributed by atoms with Crippen molar-refractivity contribution in [2.24, 2.45) is 0 Å². The van der Waals surface area contributed by atoms with Crippen LogP contribution in [0.4, 0.5) is 0 Å². The molecular formula is C24H26O4. The third-order valence-electron chi connectivity index (χ3n) is 3.80. The number of hydrogen-bond acceptors (Lipinski definition) is 4. The maximum absolute atomic E-state index is 11.9. The fourth-order valence-electron chi connectivity index (χ4n) is 2.48. The molecule has 0 aliphatic carbocycles. The van der Waals surface area contributed by atoms with Gasteiger partial charge in [-0.3, -0.25) is 0 Å². The Balaban J connectivity index is 1.81. The van der Waals surface area contributed by atoms with E-state index < -0.39 is 6.10 Å². The van der Waals surface area contributed by atoms with Gasteiger partial charge >= 0.3 is 5.97 Å². The first-order chi connectivity index (χ1) is 13.7. The van der Waals surface area contributed by atoms with Crippen LogP contribution in [0.3, 0.4) is 0 Å². The van der Waals surface area contributed by atoms with Gasteiger partial charge in [0.2, 0.25) is 0 Å². The Bertz CT molecular complexity index is 798. The summed E-state index contributed by atoms with van der Waals surface area (Å²) < 4.78 is 16.2. The Labute approximate surface area is 167 Å². The van der Waals surface area contributed by atoms with Crippen molar-refractivity contribution in [2.75, 3.05) is 19.8 Å². The van der Waals surface area contributed by atoms with Crippen molar-refractivity contribution in [2.45, 2.75) is 26.4 Å². The van der Waals surface area contributed by atoms with Crippen molar-refractivity contribution in [3.63, 3.8) is 0 Å². The van der Waals surface area contributed by atoms with Gasteiger partial charge in [0.1, 0.15) is 12.4 Å². The Morgan fingerprint density at radius 2 is 1.79 bits per heavy atom. The van der Waals surface area contributed by atoms with E-state index in [-0.39, 0.29) is 5.97 Å². The highest BCUT2D eigenvalue weighted by Gasteiger charge is 2.20. The maximum atomic E-state index is 11.9. The zero-order valence-electron chi connectivity index (χ0n) is 16.4. The Morgan fingerprint density at radius 1 is 1.04 bits per heavy atom. The fourth-order valence-corrected chi connectivity index (χ4v) is 2.48. The van der Waals surface area contributed by atoms with E-state index >= 15 is 0 Å². The predicted molar refractivity (Wildman–Crippen MR) is 110 cm³/mol. The molecule has 0 N–H and O–H groups in total. The van der Waals surface area contributed by atoms with Crippen LogP contribution >= 0.6 is 0 Å². The highest BCUT2D eigenvalue weighted by molar-refractivity contribution is 5.75. The van der Waals surface area contributed by atoms with Gasteiger partial charge in [-0.15, -0.1) is 0 Å². The molecule has 2 aromatic carbocycles. The second-order valence-corrected chi connectivity index (χ2v) is 5.89. The number of benzene rings is 2. The number of esters is 1. The highest BCUT2D eigenvalue weighted by Crippen LogP contribution is 2.15. The third kappa shape index (κ3) is 7.69. The van der Waals surface area contributed by atoms with Crippen molar-refractivity contribution < 1.29 is 19.0 Å². The lowest BCUT2D eigenvalue weighted by molar-refractivity contribution is -0.156. The summed E-state index contributed by atoms with van der Waals surface area (Å²) in [6, 6.07) is 17.5. The van der Waals surface area contributed by atoms with Gasteiger partial charge in [-0.2, -0.15) is 0 Å². The van der Waals surface area contributed by atoms with E-state index in [1.165, 1.54) is 0 Å². The van der Waals surface area contributed by atoms with Gasteiger partial charge in [0.05, 0.1) is 6.61 Å². The van der Waals surface area contributed by atoms with Crippen LogP contribution < -0.4 is 4.74 Å². The van der Waals surface area contributed by atoms with E-state index in [0.717, 1.165) is 16.9 Å². The second-order valence-electron chi connectivity index (χ2n) is 5.89. The van der Waals surface area contributed by atoms with Crippen LogP contribution in [-0.2, 0) is 20.7 Å². The largest absolute Gasteiger partial charge is 0.490 e. The SMILES string of the molecule is CCOC(=O)[C@H](Cc1ccc(OC/C=C/C#Cc2ccccc2)cc1)OCC. The molecule has 0 aromatic heterocycles. The number of rotatable bonds is 9. The van der Waals surface area contributed by atoms with Crippen molar-refractivity contribution in [1.29, 1.82) is 0 Å². The van der Waals surface area contributed by atoms with Crippen molar-refractivity contribution in [3.8, 4) is 17.6 Å². The van der Waals surface area contributed by atoms with Crippen molar-refractivity contribution in [1.82, 2.24) is 0 Å². The van der Waals surface area contributed by atoms with E-state index in [2.05, 4.69) is 11.8 Å². The lowest BCUT2D eigenvalue weighted by atomic mass is 10.1. The molecule has 0 unspecified atom stereocenters. The molecule has 0 aliphatic heterocycles. The summed E-state index contributed by atoms with van der Waals surface area (Å²) in [4.78, 5) is 11.9. The molecule has 4 nitrogen and oxygen atoms in total. The van der Waals surface area contributed by atoms with Gasteiger partial charge in [0.25, 0.3) is 0 Å². The minimum absolute atomic E-state index is 0.327. The van der Waals surface area contributed by atoms with Gasteiger partial charge in [-0.05, 0) is 55.8 Å². The first-order valence-corrected chi connectivity index (χ1v) is 9.44. The Hall–Kier alpha value is -3.03. The molecule has 0 spiro atoms. The average molecular weight is 378 g/mol. The van der Waals surface area contributed by atoms with Crippen molar-refractivity contribution in [3.05, 3.63) is 77.9 Å². The quantitative estimate of drug-likeness (QED) is 0.485. The fraction of sp³-hybridized carbons (Fsp3) is 0.292. The molecule has 0 aliphatic rings. The molecule has 0 saturated carbocycles. The third-order valence-corrected chi connectivity index (χ3v) is 3.80. The van der Waals surface area contributed by atoms with E-state index in [1.807, 2.05) is 67.6 Å². The molecule has 2 aromatic rings. The molecule has 146 valence electrons. The highest BCUT2D eigenvalue weighted by atomic mass is 16.6. The summed E-state index contributed by atoms with van der Waals surface area (Å²) in [6.07, 6.45) is 3.55. The van der Waals surface area contributed by atoms with E-state index in [9.17, 15) is 4.79 Å². The number of ether oxygens (including phenoxy) is 3. The molecule has 1 atom stereocenters. The van der Waals surface area contributed by atoms with Crippen LogP contribution in [0.1, 0.15) is 25.0 Å². The zero-order chi connectivity index (χ0) is 20.0. The predicted octanol–water partition coefficient (Wildman–Crippen LogP) is 4.18. The lowest BCUT2D eigenvalue weighted by Gasteiger charge is -2.15. The number of carbonyl (C=O) groups is 1. The van der Waals surface area contributed by atoms with Gasteiger partial charge in [-0.1, -0.05) is 42.2 Å². The van der Waals surface area contributed by atoms with Gasteiger partial charge in [0, 0.05) is 18.6 Å². The van der Waals surface area contributed by atoms with Gasteiger partial charge in [0.15, 0.2) is 6.10 Å². The lowest BCUT2D eigenvalue weighted by Crippen LogP contribution is -2.28. The molecule has 0 fully saturated rings. The van der Waals surface area contributed by atoms with Crippen LogP contribution in [0.15, 0.2) is 66.7 Å². The molecule has 2 rings (SSSR count). The minimum Gasteiger partial charge on any atom is -0.490 e. The maximum Gasteiger partial charge on any atom is 0.335 e. The van der Waals surface area contributed by atoms with Crippen LogP contribution in [0.2, 0.25) is 0 Å². The Kier molecular flexibility index (Phi) is 9.40. The molecule has 0 saturated heterocycles. The number of carbonyl (C=O) groups excluding carboxylic acids is 1. The second kappa shape index (κ2) is 12.4. The summed E-state index contributed by atoms with van der Waals surface area (Å²) >= 11 is 0. The standard InChI is InChI=1S/C24H26O4/c1-3-26-23(24(25)27-4-2)19-21-14-16-22(17-15-21)28-18-10-6-9-13-20-11-7-5-8-12-20/h5-8,10-12,14-17,23H,3-4,18-19H2,1-2H3/b10-6+/t23-/m0/s1. The summed E-state index contributed by atoms with van der Waals surface area (Å²) in [5.41, 5.74) is 1.97. The first-order valence-electron chi connectivity index (χ1n) is 9.44. The van der Waals surface area contributed by atoms with Crippen LogP contribution in [0.25, 0.3) is 0 Å². The Morgan fingerprint density at radius 3 is 2.46 bits per heavy atom. The van der Waals surface area contributed by atoms with Crippen LogP contribution in [0, 0.1) is 11.8 Å². The average Bonchev–Trinajstić information content (AvgIpc) is 2.72. The number of hydrogen-bond donors (Lipinski definition) is 0. The molecule has 0 bridgehead atoms. The summed E-state index contributed by atoms with van der Waals surface area (Å²) in [5, 5.41) is 0.